The molecule has 30 heavy (non-hydrogen) atoms. The zero-order chi connectivity index (χ0) is 21.1. The van der Waals surface area contributed by atoms with Crippen LogP contribution in [0.15, 0.2) is 20.8 Å². The molecule has 8 nitrogen and oxygen atoms in total. The molecule has 3 N–H and O–H groups in total. The van der Waals surface area contributed by atoms with Gasteiger partial charge in [0.15, 0.2) is 8.68 Å². The Morgan fingerprint density at radius 3 is 2.90 bits per heavy atom. The molecule has 1 saturated heterocycles. The van der Waals surface area contributed by atoms with E-state index in [1.165, 1.54) is 23.1 Å². The lowest BCUT2D eigenvalue weighted by Gasteiger charge is -2.27. The van der Waals surface area contributed by atoms with E-state index in [1.54, 1.807) is 24.8 Å². The highest BCUT2D eigenvalue weighted by Gasteiger charge is 2.38. The van der Waals surface area contributed by atoms with Gasteiger partial charge in [0.1, 0.15) is 11.3 Å². The molecule has 2 aliphatic rings. The maximum Gasteiger partial charge on any atom is 0.537 e. The van der Waals surface area contributed by atoms with E-state index < -0.39 is 13.1 Å². The number of carbonyl (C=O) groups is 1. The van der Waals surface area contributed by atoms with E-state index in [4.69, 9.17) is 4.65 Å². The first-order valence-electron chi connectivity index (χ1n) is 9.78. The minimum atomic E-state index is -1.10. The Morgan fingerprint density at radius 1 is 1.37 bits per heavy atom. The molecule has 1 fully saturated rings. The van der Waals surface area contributed by atoms with Crippen LogP contribution in [0.25, 0.3) is 0 Å². The zero-order valence-corrected chi connectivity index (χ0v) is 19.0. The largest absolute Gasteiger partial charge is 0.537 e. The molecule has 0 amide bonds. The normalized spacial score (nSPS) is 19.4. The van der Waals surface area contributed by atoms with Crippen molar-refractivity contribution < 1.29 is 19.6 Å². The number of carboxylic acids is 1. The molecule has 0 unspecified atom stereocenters. The van der Waals surface area contributed by atoms with Gasteiger partial charge >= 0.3 is 13.1 Å². The van der Waals surface area contributed by atoms with Gasteiger partial charge < -0.3 is 20.1 Å². The fourth-order valence-electron chi connectivity index (χ4n) is 3.53. The molecule has 1 atom stereocenters. The number of thioether (sulfide) groups is 2. The van der Waals surface area contributed by atoms with Crippen LogP contribution in [-0.4, -0.2) is 81.9 Å². The number of carboxylic acid groups (broad SMARTS) is 1. The molecular weight excluding hydrogens is 443 g/mol. The molecule has 2 aliphatic heterocycles. The van der Waals surface area contributed by atoms with Crippen molar-refractivity contribution >= 4 is 47.9 Å². The van der Waals surface area contributed by atoms with Gasteiger partial charge in [-0.05, 0) is 24.5 Å². The minimum Gasteiger partial charge on any atom is -0.535 e. The van der Waals surface area contributed by atoms with E-state index in [-0.39, 0.29) is 16.5 Å². The number of aromatic carboxylic acids is 1. The van der Waals surface area contributed by atoms with Crippen molar-refractivity contribution in [3.05, 3.63) is 28.8 Å². The van der Waals surface area contributed by atoms with Crippen molar-refractivity contribution in [2.45, 2.75) is 27.2 Å². The third-order valence-electron chi connectivity index (χ3n) is 5.12. The predicted octanol–water partition coefficient (Wildman–Crippen LogP) is 1.66. The third kappa shape index (κ3) is 5.12. The summed E-state index contributed by atoms with van der Waals surface area (Å²) < 4.78 is 7.32. The quantitative estimate of drug-likeness (QED) is 0.412. The Kier molecular flexibility index (Phi) is 7.22. The first kappa shape index (κ1) is 21.9. The summed E-state index contributed by atoms with van der Waals surface area (Å²) >= 11 is 4.65. The van der Waals surface area contributed by atoms with Gasteiger partial charge in [0.2, 0.25) is 0 Å². The number of hydrogen-bond acceptors (Lipinski definition) is 10. The van der Waals surface area contributed by atoms with Gasteiger partial charge in [0, 0.05) is 38.5 Å². The molecule has 0 spiro atoms. The summed E-state index contributed by atoms with van der Waals surface area (Å²) in [5.74, 6) is 0.196. The second-order valence-corrected chi connectivity index (χ2v) is 11.0. The van der Waals surface area contributed by atoms with Crippen molar-refractivity contribution in [3.63, 3.8) is 0 Å². The van der Waals surface area contributed by atoms with E-state index in [1.807, 2.05) is 6.07 Å². The molecule has 4 rings (SSSR count). The molecule has 1 aromatic heterocycles. The summed E-state index contributed by atoms with van der Waals surface area (Å²) in [5, 5.41) is 31.5. The van der Waals surface area contributed by atoms with Crippen LogP contribution in [-0.2, 0) is 6.42 Å². The average molecular weight is 466 g/mol. The standard InChI is InChI=1S/C18H23BN4O4S3/c1-11-2-3-12-10-13(19(26)27-15(12)14(11)16(24)25)29-18-22-21-17(30-18)28-9-8-23-6-4-20-5-7-23/h2-3,13,20,26H,4-10H2,1H3,(H,24,25)/t13-/m0/s1. The molecule has 3 heterocycles. The summed E-state index contributed by atoms with van der Waals surface area (Å²) in [4.78, 5) is 14.0. The predicted molar refractivity (Wildman–Crippen MR) is 120 cm³/mol. The smallest absolute Gasteiger partial charge is 0.535 e. The highest BCUT2D eigenvalue weighted by atomic mass is 32.2. The topological polar surface area (TPSA) is 108 Å². The SMILES string of the molecule is Cc1ccc2c(c1C(=O)O)OB(O)[C@@H](Sc1nnc(SCCN3CCNCC3)s1)C2. The molecule has 0 radical (unpaired) electrons. The summed E-state index contributed by atoms with van der Waals surface area (Å²) in [6.45, 7) is 7.03. The molecule has 160 valence electrons. The molecule has 2 aromatic rings. The Balaban J connectivity index is 1.35. The van der Waals surface area contributed by atoms with Crippen LogP contribution in [0.3, 0.4) is 0 Å². The summed E-state index contributed by atoms with van der Waals surface area (Å²) in [5.41, 5.74) is 1.52. The number of nitrogens with zero attached hydrogens (tertiary/aromatic N) is 3. The van der Waals surface area contributed by atoms with Gasteiger partial charge in [-0.3, -0.25) is 4.90 Å². The van der Waals surface area contributed by atoms with Crippen LogP contribution in [0.4, 0.5) is 0 Å². The maximum atomic E-state index is 11.6. The Morgan fingerprint density at radius 2 is 2.13 bits per heavy atom. The molecular formula is C18H23BN4O4S3. The zero-order valence-electron chi connectivity index (χ0n) is 16.5. The van der Waals surface area contributed by atoms with Gasteiger partial charge in [-0.1, -0.05) is 47.0 Å². The number of rotatable bonds is 7. The molecule has 0 aliphatic carbocycles. The second-order valence-electron chi connectivity index (χ2n) is 7.19. The molecule has 0 saturated carbocycles. The van der Waals surface area contributed by atoms with E-state index in [0.717, 1.165) is 52.7 Å². The van der Waals surface area contributed by atoms with E-state index in [9.17, 15) is 14.9 Å². The molecule has 0 bridgehead atoms. The second kappa shape index (κ2) is 9.88. The number of benzene rings is 1. The number of aryl methyl sites for hydroxylation is 1. The molecule has 12 heteroatoms. The van der Waals surface area contributed by atoms with Crippen LogP contribution in [0, 0.1) is 6.92 Å². The maximum absolute atomic E-state index is 11.6. The van der Waals surface area contributed by atoms with Crippen molar-refractivity contribution in [1.82, 2.24) is 20.4 Å². The van der Waals surface area contributed by atoms with Crippen molar-refractivity contribution in [1.29, 1.82) is 0 Å². The lowest BCUT2D eigenvalue weighted by atomic mass is 9.77. The number of piperazine rings is 1. The van der Waals surface area contributed by atoms with E-state index in [0.29, 0.717) is 12.0 Å². The Bertz CT molecular complexity index is 910. The fourth-order valence-corrected chi connectivity index (χ4v) is 6.93. The first-order valence-corrected chi connectivity index (χ1v) is 12.5. The van der Waals surface area contributed by atoms with Gasteiger partial charge in [0.05, 0.1) is 5.15 Å². The number of nitrogens with one attached hydrogen (secondary N) is 1. The van der Waals surface area contributed by atoms with E-state index >= 15 is 0 Å². The number of hydrogen-bond donors (Lipinski definition) is 3. The Labute approximate surface area is 187 Å². The van der Waals surface area contributed by atoms with Gasteiger partial charge in [-0.2, -0.15) is 0 Å². The average Bonchev–Trinajstić information content (AvgIpc) is 3.16. The summed E-state index contributed by atoms with van der Waals surface area (Å²) in [7, 11) is -1.10. The lowest BCUT2D eigenvalue weighted by molar-refractivity contribution is 0.0693. The van der Waals surface area contributed by atoms with Gasteiger partial charge in [0.25, 0.3) is 0 Å². The highest BCUT2D eigenvalue weighted by Crippen LogP contribution is 2.39. The van der Waals surface area contributed by atoms with Crippen LogP contribution in [0.2, 0.25) is 0 Å². The number of fused-ring (bicyclic) bond motifs is 1. The Hall–Kier alpha value is -1.31. The first-order chi connectivity index (χ1) is 14.5. The molecule has 1 aromatic carbocycles. The van der Waals surface area contributed by atoms with Gasteiger partial charge in [-0.25, -0.2) is 4.79 Å². The summed E-state index contributed by atoms with van der Waals surface area (Å²) in [6.07, 6.45) is 0.507. The third-order valence-corrected chi connectivity index (χ3v) is 8.48. The van der Waals surface area contributed by atoms with Crippen LogP contribution >= 0.6 is 34.9 Å². The number of aromatic nitrogens is 2. The minimum absolute atomic E-state index is 0.120. The lowest BCUT2D eigenvalue weighted by Crippen LogP contribution is -2.44. The van der Waals surface area contributed by atoms with Gasteiger partial charge in [-0.15, -0.1) is 10.2 Å². The summed E-state index contributed by atoms with van der Waals surface area (Å²) in [6, 6.07) is 3.65. The highest BCUT2D eigenvalue weighted by molar-refractivity contribution is 8.04. The van der Waals surface area contributed by atoms with Crippen LogP contribution < -0.4 is 9.97 Å². The van der Waals surface area contributed by atoms with E-state index in [2.05, 4.69) is 20.4 Å². The van der Waals surface area contributed by atoms with Crippen molar-refractivity contribution in [2.75, 3.05) is 38.5 Å². The monoisotopic (exact) mass is 466 g/mol. The fraction of sp³-hybridized carbons (Fsp3) is 0.500. The van der Waals surface area contributed by atoms with Crippen LogP contribution in [0.5, 0.6) is 5.75 Å². The van der Waals surface area contributed by atoms with Crippen LogP contribution in [0.1, 0.15) is 21.5 Å². The van der Waals surface area contributed by atoms with Crippen molar-refractivity contribution in [2.24, 2.45) is 0 Å². The van der Waals surface area contributed by atoms with Crippen molar-refractivity contribution in [3.8, 4) is 5.75 Å².